The minimum absolute atomic E-state index is 0.230. The molecule has 0 saturated heterocycles. The van der Waals surface area contributed by atoms with Gasteiger partial charge in [-0.15, -0.1) is 0 Å². The van der Waals surface area contributed by atoms with Crippen molar-refractivity contribution < 1.29 is 14.6 Å². The summed E-state index contributed by atoms with van der Waals surface area (Å²) in [4.78, 5) is 25.6. The molecule has 2 aromatic carbocycles. The van der Waals surface area contributed by atoms with Gasteiger partial charge in [-0.05, 0) is 48.7 Å². The first-order valence-electron chi connectivity index (χ1n) is 8.34. The second kappa shape index (κ2) is 5.91. The normalized spacial score (nSPS) is 12.4. The smallest absolute Gasteiger partial charge is 0.267 e. The van der Waals surface area contributed by atoms with Crippen LogP contribution in [-0.2, 0) is 13.0 Å². The number of hydrogen-bond acceptors (Lipinski definition) is 4. The van der Waals surface area contributed by atoms with Gasteiger partial charge in [0, 0.05) is 17.6 Å². The maximum atomic E-state index is 12.8. The van der Waals surface area contributed by atoms with E-state index in [1.54, 1.807) is 35.9 Å². The molecule has 6 heteroatoms. The van der Waals surface area contributed by atoms with Crippen LogP contribution in [-0.4, -0.2) is 22.7 Å². The van der Waals surface area contributed by atoms with Crippen LogP contribution in [0.4, 0.5) is 5.69 Å². The van der Waals surface area contributed by atoms with Crippen LogP contribution in [0, 0.1) is 6.92 Å². The minimum Gasteiger partial charge on any atom is -0.506 e. The van der Waals surface area contributed by atoms with Crippen molar-refractivity contribution in [1.82, 2.24) is 4.57 Å². The van der Waals surface area contributed by atoms with Crippen LogP contribution in [0.15, 0.2) is 41.2 Å². The number of anilines is 1. The molecule has 1 aliphatic rings. The predicted molar refractivity (Wildman–Crippen MR) is 99.3 cm³/mol. The van der Waals surface area contributed by atoms with Crippen molar-refractivity contribution in [3.63, 3.8) is 0 Å². The molecular weight excluding hydrogens is 332 g/mol. The highest BCUT2D eigenvalue weighted by Crippen LogP contribution is 2.32. The Morgan fingerprint density at radius 1 is 1.27 bits per heavy atom. The summed E-state index contributed by atoms with van der Waals surface area (Å²) < 4.78 is 6.73. The zero-order chi connectivity index (χ0) is 18.4. The van der Waals surface area contributed by atoms with Crippen LogP contribution in [0.5, 0.6) is 11.5 Å². The first-order chi connectivity index (χ1) is 12.5. The number of para-hydroxylation sites is 1. The average Bonchev–Trinajstić information content (AvgIpc) is 3.07. The lowest BCUT2D eigenvalue weighted by Crippen LogP contribution is -2.28. The highest BCUT2D eigenvalue weighted by Gasteiger charge is 2.26. The Labute approximate surface area is 149 Å². The summed E-state index contributed by atoms with van der Waals surface area (Å²) in [6, 6.07) is 10.7. The van der Waals surface area contributed by atoms with E-state index in [9.17, 15) is 14.7 Å². The van der Waals surface area contributed by atoms with Gasteiger partial charge in [0.1, 0.15) is 17.1 Å². The molecule has 4 rings (SSSR count). The first-order valence-corrected chi connectivity index (χ1v) is 8.34. The van der Waals surface area contributed by atoms with Gasteiger partial charge in [-0.25, -0.2) is 0 Å². The molecule has 0 atom stereocenters. The number of pyridine rings is 1. The molecule has 1 amide bonds. The van der Waals surface area contributed by atoms with Gasteiger partial charge in [0.15, 0.2) is 0 Å². The van der Waals surface area contributed by atoms with Crippen molar-refractivity contribution in [1.29, 1.82) is 0 Å². The zero-order valence-electron chi connectivity index (χ0n) is 14.5. The third-order valence-electron chi connectivity index (χ3n) is 4.85. The van der Waals surface area contributed by atoms with Gasteiger partial charge in [0.05, 0.1) is 12.6 Å². The standard InChI is InChI=1S/C20H18N2O4/c1-11-10-13(26-2)6-7-15(11)21-19(24)16-18(23)14-5-3-4-12-8-9-22(17(12)14)20(16)25/h3-7,10,23H,8-9H2,1-2H3,(H,21,24). The van der Waals surface area contributed by atoms with E-state index in [1.165, 1.54) is 0 Å². The van der Waals surface area contributed by atoms with Gasteiger partial charge >= 0.3 is 0 Å². The molecule has 2 heterocycles. The molecule has 0 aliphatic carbocycles. The summed E-state index contributed by atoms with van der Waals surface area (Å²) in [5.41, 5.74) is 2.38. The number of aryl methyl sites for hydroxylation is 3. The zero-order valence-corrected chi connectivity index (χ0v) is 14.5. The van der Waals surface area contributed by atoms with E-state index < -0.39 is 11.5 Å². The minimum atomic E-state index is -0.622. The van der Waals surface area contributed by atoms with Gasteiger partial charge in [-0.2, -0.15) is 0 Å². The SMILES string of the molecule is COc1ccc(NC(=O)c2c(O)c3cccc4c3n(c2=O)CC4)c(C)c1. The Balaban J connectivity index is 1.81. The largest absolute Gasteiger partial charge is 0.506 e. The molecule has 0 bridgehead atoms. The summed E-state index contributed by atoms with van der Waals surface area (Å²) in [6.07, 6.45) is 0.717. The molecule has 1 aromatic heterocycles. The van der Waals surface area contributed by atoms with Crippen LogP contribution >= 0.6 is 0 Å². The molecule has 0 fully saturated rings. The van der Waals surface area contributed by atoms with E-state index in [4.69, 9.17) is 4.74 Å². The highest BCUT2D eigenvalue weighted by atomic mass is 16.5. The summed E-state index contributed by atoms with van der Waals surface area (Å²) in [6.45, 7) is 2.34. The van der Waals surface area contributed by atoms with Gasteiger partial charge in [0.25, 0.3) is 11.5 Å². The fourth-order valence-electron chi connectivity index (χ4n) is 3.51. The van der Waals surface area contributed by atoms with E-state index in [2.05, 4.69) is 5.32 Å². The average molecular weight is 350 g/mol. The van der Waals surface area contributed by atoms with Gasteiger partial charge in [0.2, 0.25) is 0 Å². The Kier molecular flexibility index (Phi) is 3.68. The number of carbonyl (C=O) groups is 1. The van der Waals surface area contributed by atoms with Gasteiger partial charge in [-0.3, -0.25) is 9.59 Å². The van der Waals surface area contributed by atoms with E-state index in [0.29, 0.717) is 35.3 Å². The Morgan fingerprint density at radius 3 is 2.81 bits per heavy atom. The quantitative estimate of drug-likeness (QED) is 0.761. The molecule has 0 spiro atoms. The number of nitrogens with one attached hydrogen (secondary N) is 1. The maximum Gasteiger partial charge on any atom is 0.267 e. The lowest BCUT2D eigenvalue weighted by molar-refractivity contribution is 0.102. The second-order valence-corrected chi connectivity index (χ2v) is 6.38. The number of nitrogens with zero attached hydrogens (tertiary/aromatic N) is 1. The third-order valence-corrected chi connectivity index (χ3v) is 4.85. The third kappa shape index (κ3) is 2.34. The molecule has 1 aliphatic heterocycles. The molecule has 6 nitrogen and oxygen atoms in total. The van der Waals surface area contributed by atoms with Crippen molar-refractivity contribution in [2.24, 2.45) is 0 Å². The van der Waals surface area contributed by atoms with E-state index >= 15 is 0 Å². The Morgan fingerprint density at radius 2 is 2.08 bits per heavy atom. The molecule has 0 unspecified atom stereocenters. The highest BCUT2D eigenvalue weighted by molar-refractivity contribution is 6.09. The van der Waals surface area contributed by atoms with E-state index in [0.717, 1.165) is 11.1 Å². The number of aromatic hydroxyl groups is 1. The molecule has 2 N–H and O–H groups in total. The monoisotopic (exact) mass is 350 g/mol. The Hall–Kier alpha value is -3.28. The fraction of sp³-hybridized carbons (Fsp3) is 0.200. The van der Waals surface area contributed by atoms with Crippen LogP contribution < -0.4 is 15.6 Å². The lowest BCUT2D eigenvalue weighted by Gasteiger charge is -2.13. The molecule has 0 radical (unpaired) electrons. The fourth-order valence-corrected chi connectivity index (χ4v) is 3.51. The molecule has 26 heavy (non-hydrogen) atoms. The lowest BCUT2D eigenvalue weighted by atomic mass is 10.1. The van der Waals surface area contributed by atoms with Crippen molar-refractivity contribution in [2.45, 2.75) is 19.9 Å². The van der Waals surface area contributed by atoms with Crippen LogP contribution in [0.2, 0.25) is 0 Å². The summed E-state index contributed by atoms with van der Waals surface area (Å²) in [5, 5.41) is 13.9. The van der Waals surface area contributed by atoms with Crippen molar-refractivity contribution >= 4 is 22.5 Å². The number of amides is 1. The maximum absolute atomic E-state index is 12.8. The topological polar surface area (TPSA) is 80.6 Å². The number of ether oxygens (including phenoxy) is 1. The number of rotatable bonds is 3. The molecule has 3 aromatic rings. The number of benzene rings is 2. The Bertz CT molecular complexity index is 1110. The van der Waals surface area contributed by atoms with Gasteiger partial charge < -0.3 is 19.7 Å². The molecule has 132 valence electrons. The number of methoxy groups -OCH3 is 1. The number of aromatic nitrogens is 1. The van der Waals surface area contributed by atoms with E-state index in [1.807, 2.05) is 19.1 Å². The van der Waals surface area contributed by atoms with E-state index in [-0.39, 0.29) is 11.3 Å². The first kappa shape index (κ1) is 16.2. The molecular formula is C20H18N2O4. The van der Waals surface area contributed by atoms with Crippen LogP contribution in [0.3, 0.4) is 0 Å². The second-order valence-electron chi connectivity index (χ2n) is 6.38. The van der Waals surface area contributed by atoms with Gasteiger partial charge in [-0.1, -0.05) is 12.1 Å². The number of carbonyl (C=O) groups excluding carboxylic acids is 1. The molecule has 0 saturated carbocycles. The number of hydrogen-bond donors (Lipinski definition) is 2. The van der Waals surface area contributed by atoms with Crippen molar-refractivity contribution in [2.75, 3.05) is 12.4 Å². The van der Waals surface area contributed by atoms with Crippen molar-refractivity contribution in [3.05, 3.63) is 63.4 Å². The summed E-state index contributed by atoms with van der Waals surface area (Å²) in [7, 11) is 1.57. The van der Waals surface area contributed by atoms with Crippen LogP contribution in [0.1, 0.15) is 21.5 Å². The summed E-state index contributed by atoms with van der Waals surface area (Å²) in [5.74, 6) is -0.216. The van der Waals surface area contributed by atoms with Crippen LogP contribution in [0.25, 0.3) is 10.9 Å². The summed E-state index contributed by atoms with van der Waals surface area (Å²) >= 11 is 0. The van der Waals surface area contributed by atoms with Crippen molar-refractivity contribution in [3.8, 4) is 11.5 Å². The predicted octanol–water partition coefficient (Wildman–Crippen LogP) is 2.83.